The highest BCUT2D eigenvalue weighted by Crippen LogP contribution is 2.29. The monoisotopic (exact) mass is 308 g/mol. The topological polar surface area (TPSA) is 16.1 Å². The van der Waals surface area contributed by atoms with Crippen molar-refractivity contribution in [2.75, 3.05) is 35.8 Å². The predicted molar refractivity (Wildman–Crippen MR) is 88.9 cm³/mol. The van der Waals surface area contributed by atoms with E-state index in [0.29, 0.717) is 0 Å². The van der Waals surface area contributed by atoms with Crippen LogP contribution < -0.4 is 4.90 Å². The first-order chi connectivity index (χ1) is 9.36. The number of benzene rings is 1. The summed E-state index contributed by atoms with van der Waals surface area (Å²) in [5.41, 5.74) is 2.32. The molecular weight excluding hydrogens is 292 g/mol. The zero-order chi connectivity index (χ0) is 13.1. The molecule has 2 nitrogen and oxygen atoms in total. The van der Waals surface area contributed by atoms with Crippen molar-refractivity contribution in [1.29, 1.82) is 0 Å². The Morgan fingerprint density at radius 2 is 1.89 bits per heavy atom. The molecule has 0 bridgehead atoms. The molecule has 0 radical (unpaired) electrons. The molecule has 1 saturated heterocycles. The molecule has 1 aromatic heterocycles. The molecule has 2 heterocycles. The normalized spacial score (nSPS) is 15.7. The Labute approximate surface area is 126 Å². The first kappa shape index (κ1) is 13.3. The van der Waals surface area contributed by atoms with E-state index in [2.05, 4.69) is 40.8 Å². The van der Waals surface area contributed by atoms with Crippen LogP contribution in [0.25, 0.3) is 11.3 Å². The van der Waals surface area contributed by atoms with E-state index in [-0.39, 0.29) is 0 Å². The Hall–Kier alpha value is -0.650. The van der Waals surface area contributed by atoms with E-state index >= 15 is 0 Å². The van der Waals surface area contributed by atoms with Crippen molar-refractivity contribution in [2.45, 2.75) is 4.90 Å². The number of rotatable bonds is 3. The number of hydrogen-bond acceptors (Lipinski definition) is 5. The fourth-order valence-electron chi connectivity index (χ4n) is 2.06. The van der Waals surface area contributed by atoms with E-state index in [4.69, 9.17) is 4.98 Å². The van der Waals surface area contributed by atoms with Gasteiger partial charge in [-0.15, -0.1) is 23.1 Å². The highest BCUT2D eigenvalue weighted by atomic mass is 32.2. The summed E-state index contributed by atoms with van der Waals surface area (Å²) in [4.78, 5) is 8.49. The van der Waals surface area contributed by atoms with E-state index in [1.807, 2.05) is 11.8 Å². The Kier molecular flexibility index (Phi) is 4.35. The van der Waals surface area contributed by atoms with Crippen LogP contribution in [0.5, 0.6) is 0 Å². The second-order valence-electron chi connectivity index (χ2n) is 4.34. The van der Waals surface area contributed by atoms with Crippen LogP contribution in [0, 0.1) is 0 Å². The zero-order valence-electron chi connectivity index (χ0n) is 10.8. The molecule has 0 N–H and O–H groups in total. The van der Waals surface area contributed by atoms with Gasteiger partial charge >= 0.3 is 0 Å². The van der Waals surface area contributed by atoms with Gasteiger partial charge in [-0.1, -0.05) is 12.1 Å². The molecule has 100 valence electrons. The van der Waals surface area contributed by atoms with Gasteiger partial charge < -0.3 is 4.90 Å². The molecule has 1 aliphatic heterocycles. The SMILES string of the molecule is CSc1ccc(-c2csc(N3CCSCC3)n2)cc1. The summed E-state index contributed by atoms with van der Waals surface area (Å²) in [5, 5.41) is 3.34. The molecule has 19 heavy (non-hydrogen) atoms. The largest absolute Gasteiger partial charge is 0.346 e. The molecule has 0 amide bonds. The van der Waals surface area contributed by atoms with Crippen LogP contribution in [0.3, 0.4) is 0 Å². The van der Waals surface area contributed by atoms with Crippen LogP contribution in [-0.2, 0) is 0 Å². The van der Waals surface area contributed by atoms with E-state index in [0.717, 1.165) is 18.8 Å². The molecule has 2 aromatic rings. The van der Waals surface area contributed by atoms with Gasteiger partial charge in [0.25, 0.3) is 0 Å². The van der Waals surface area contributed by atoms with Gasteiger partial charge in [-0.2, -0.15) is 11.8 Å². The van der Waals surface area contributed by atoms with Crippen molar-refractivity contribution in [3.63, 3.8) is 0 Å². The van der Waals surface area contributed by atoms with Crippen LogP contribution in [0.15, 0.2) is 34.5 Å². The maximum Gasteiger partial charge on any atom is 0.185 e. The van der Waals surface area contributed by atoms with Gasteiger partial charge in [0.15, 0.2) is 5.13 Å². The average molecular weight is 308 g/mol. The highest BCUT2D eigenvalue weighted by molar-refractivity contribution is 7.99. The van der Waals surface area contributed by atoms with Crippen LogP contribution in [-0.4, -0.2) is 35.8 Å². The van der Waals surface area contributed by atoms with Crippen molar-refractivity contribution < 1.29 is 0 Å². The lowest BCUT2D eigenvalue weighted by molar-refractivity contribution is 0.853. The third-order valence-electron chi connectivity index (χ3n) is 3.16. The Bertz CT molecular complexity index is 530. The maximum absolute atomic E-state index is 4.79. The predicted octanol–water partition coefficient (Wildman–Crippen LogP) is 4.09. The minimum atomic E-state index is 1.10. The molecule has 0 unspecified atom stereocenters. The number of aromatic nitrogens is 1. The van der Waals surface area contributed by atoms with Crippen molar-refractivity contribution >= 4 is 40.0 Å². The van der Waals surface area contributed by atoms with Crippen LogP contribution >= 0.6 is 34.9 Å². The van der Waals surface area contributed by atoms with Crippen molar-refractivity contribution in [2.24, 2.45) is 0 Å². The average Bonchev–Trinajstić information content (AvgIpc) is 2.98. The van der Waals surface area contributed by atoms with Crippen LogP contribution in [0.1, 0.15) is 0 Å². The van der Waals surface area contributed by atoms with E-state index in [1.54, 1.807) is 23.1 Å². The summed E-state index contributed by atoms with van der Waals surface area (Å²) in [7, 11) is 0. The molecule has 0 spiro atoms. The smallest absolute Gasteiger partial charge is 0.185 e. The number of anilines is 1. The molecule has 1 aromatic carbocycles. The molecule has 3 rings (SSSR count). The minimum absolute atomic E-state index is 1.10. The molecule has 1 fully saturated rings. The summed E-state index contributed by atoms with van der Waals surface area (Å²) >= 11 is 5.57. The summed E-state index contributed by atoms with van der Waals surface area (Å²) in [6.07, 6.45) is 2.10. The first-order valence-electron chi connectivity index (χ1n) is 6.29. The molecule has 1 aliphatic rings. The Morgan fingerprint density at radius 1 is 1.16 bits per heavy atom. The van der Waals surface area contributed by atoms with Gasteiger partial charge in [0, 0.05) is 40.4 Å². The number of nitrogens with zero attached hydrogens (tertiary/aromatic N) is 2. The van der Waals surface area contributed by atoms with E-state index in [9.17, 15) is 0 Å². The Balaban J connectivity index is 1.79. The van der Waals surface area contributed by atoms with Gasteiger partial charge in [0.05, 0.1) is 5.69 Å². The summed E-state index contributed by atoms with van der Waals surface area (Å²) in [5.74, 6) is 2.44. The minimum Gasteiger partial charge on any atom is -0.346 e. The summed E-state index contributed by atoms with van der Waals surface area (Å²) < 4.78 is 0. The van der Waals surface area contributed by atoms with Crippen LogP contribution in [0.4, 0.5) is 5.13 Å². The third kappa shape index (κ3) is 3.09. The fourth-order valence-corrected chi connectivity index (χ4v) is 4.26. The van der Waals surface area contributed by atoms with E-state index in [1.165, 1.54) is 27.1 Å². The number of thiazole rings is 1. The summed E-state index contributed by atoms with van der Waals surface area (Å²) in [6.45, 7) is 2.26. The second-order valence-corrected chi connectivity index (χ2v) is 7.28. The molecular formula is C14H16N2S3. The number of hydrogen-bond donors (Lipinski definition) is 0. The van der Waals surface area contributed by atoms with Gasteiger partial charge in [0.2, 0.25) is 0 Å². The maximum atomic E-state index is 4.79. The lowest BCUT2D eigenvalue weighted by Crippen LogP contribution is -2.32. The molecule has 0 aliphatic carbocycles. The van der Waals surface area contributed by atoms with Crippen molar-refractivity contribution in [3.8, 4) is 11.3 Å². The Morgan fingerprint density at radius 3 is 2.58 bits per heavy atom. The summed E-state index contributed by atoms with van der Waals surface area (Å²) in [6, 6.07) is 8.65. The standard InChI is InChI=1S/C14H16N2S3/c1-17-12-4-2-11(3-5-12)13-10-19-14(15-13)16-6-8-18-9-7-16/h2-5,10H,6-9H2,1H3. The lowest BCUT2D eigenvalue weighted by Gasteiger charge is -2.25. The number of thioether (sulfide) groups is 2. The van der Waals surface area contributed by atoms with Gasteiger partial charge in [-0.05, 0) is 18.4 Å². The van der Waals surface area contributed by atoms with Crippen LogP contribution in [0.2, 0.25) is 0 Å². The lowest BCUT2D eigenvalue weighted by atomic mass is 10.2. The quantitative estimate of drug-likeness (QED) is 0.794. The van der Waals surface area contributed by atoms with Gasteiger partial charge in [0.1, 0.15) is 0 Å². The zero-order valence-corrected chi connectivity index (χ0v) is 13.3. The first-order valence-corrected chi connectivity index (χ1v) is 9.55. The highest BCUT2D eigenvalue weighted by Gasteiger charge is 2.14. The van der Waals surface area contributed by atoms with Crippen molar-refractivity contribution in [1.82, 2.24) is 4.98 Å². The van der Waals surface area contributed by atoms with Crippen molar-refractivity contribution in [3.05, 3.63) is 29.6 Å². The molecule has 0 saturated carbocycles. The molecule has 5 heteroatoms. The van der Waals surface area contributed by atoms with E-state index < -0.39 is 0 Å². The molecule has 0 atom stereocenters. The second kappa shape index (κ2) is 6.20. The van der Waals surface area contributed by atoms with Gasteiger partial charge in [-0.25, -0.2) is 4.98 Å². The third-order valence-corrected chi connectivity index (χ3v) is 5.75. The fraction of sp³-hybridized carbons (Fsp3) is 0.357. The van der Waals surface area contributed by atoms with Gasteiger partial charge in [-0.3, -0.25) is 0 Å².